The molecule has 123 heavy (non-hydrogen) atoms. The van der Waals surface area contributed by atoms with Gasteiger partial charge in [-0.2, -0.15) is 25.5 Å². The smallest absolute Gasteiger partial charge is 0.490 e. The van der Waals surface area contributed by atoms with Gasteiger partial charge in [0.25, 0.3) is 32.1 Å². The summed E-state index contributed by atoms with van der Waals surface area (Å²) in [5.41, 5.74) is 30.5. The number of amides is 3. The van der Waals surface area contributed by atoms with Crippen LogP contribution in [0.15, 0.2) is 95.5 Å². The van der Waals surface area contributed by atoms with Gasteiger partial charge in [-0.15, -0.1) is 0 Å². The van der Waals surface area contributed by atoms with Crippen molar-refractivity contribution in [3.63, 3.8) is 0 Å². The molecule has 6 heterocycles. The highest BCUT2D eigenvalue weighted by molar-refractivity contribution is 8.76. The number of aryl methyl sites for hydroxylation is 2. The summed E-state index contributed by atoms with van der Waals surface area (Å²) in [6.07, 6.45) is 4.29. The molecule has 1 saturated heterocycles. The standard InChI is InChI=1S/C74H92N15O27P3S4/c1-86(74(94)57-22-3-2-21-56(57)70-58-38-49-15-7-27-87(29-11-35-122(102,103)104)60(49)40-62(58)113-63-41-61-50(39-59(63)70)16-8-28-88(61)30-12-36-123(105,106)107)26-9-18-53(90)19-10-33-120-121-34-23-54(91)17-6-25-79-73(93)51-13-4-20-55(37-51)110-46-67(83-85-77)109-32-31-108-45-66(92)78-24-5-14-52-43-89(72-69(52)71(75)80-47-81-72)68-42-64(111-48-82-84-76)65(114-68)44-112-118(98,99)116-119(100,101)115-117(95,96)97/h2-4,13,20-22,37-41,43,47,64-65,67-68H,6-12,15-19,23-36,42,44-46,48H2,1H3,(H9-,75,78,79,80,81,92,93,95,96,97,98,99,100,101,102,103,104,105,106,107)/p+1/t64?,65-,67?,68-/m1/s1. The van der Waals surface area contributed by atoms with Crippen molar-refractivity contribution >= 4 is 123 Å². The van der Waals surface area contributed by atoms with Gasteiger partial charge in [0.15, 0.2) is 6.23 Å². The fourth-order valence-corrected chi connectivity index (χ4v) is 20.2. The minimum Gasteiger partial charge on any atom is -0.491 e. The summed E-state index contributed by atoms with van der Waals surface area (Å²) < 4.78 is 152. The lowest BCUT2D eigenvalue weighted by molar-refractivity contribution is -0.126. The second-order valence-electron chi connectivity index (χ2n) is 28.4. The van der Waals surface area contributed by atoms with E-state index < -0.39 is 100 Å². The zero-order valence-corrected chi connectivity index (χ0v) is 72.4. The third-order valence-electron chi connectivity index (χ3n) is 19.5. The van der Waals surface area contributed by atoms with Crippen LogP contribution < -0.4 is 45.9 Å². The highest BCUT2D eigenvalue weighted by Gasteiger charge is 2.44. The van der Waals surface area contributed by atoms with Crippen molar-refractivity contribution in [2.75, 3.05) is 126 Å². The monoisotopic (exact) mass is 1840 g/mol. The van der Waals surface area contributed by atoms with Gasteiger partial charge in [-0.1, -0.05) is 67.9 Å². The van der Waals surface area contributed by atoms with E-state index in [1.165, 1.54) is 16.8 Å². The summed E-state index contributed by atoms with van der Waals surface area (Å²) in [6, 6.07) is 21.8. The molecule has 10 rings (SSSR count). The van der Waals surface area contributed by atoms with Crippen LogP contribution in [0.3, 0.4) is 0 Å². The molecule has 4 aliphatic heterocycles. The lowest BCUT2D eigenvalue weighted by Gasteiger charge is -2.33. The quantitative estimate of drug-likeness (QED) is 0.00207. The topological polar surface area (TPSA) is 597 Å². The predicted octanol–water partition coefficient (Wildman–Crippen LogP) is 7.36. The molecule has 0 radical (unpaired) electrons. The van der Waals surface area contributed by atoms with Crippen LogP contribution >= 0.6 is 45.1 Å². The van der Waals surface area contributed by atoms with Gasteiger partial charge in [0.05, 0.1) is 61.0 Å². The van der Waals surface area contributed by atoms with Gasteiger partial charge in [-0.3, -0.25) is 37.6 Å². The number of carbonyl (C=O) groups is 5. The summed E-state index contributed by atoms with van der Waals surface area (Å²) in [4.78, 5) is 121. The number of ether oxygens (including phenoxy) is 6. The predicted molar refractivity (Wildman–Crippen MR) is 449 cm³/mol. The first-order valence-electron chi connectivity index (χ1n) is 38.7. The Kier molecular flexibility index (Phi) is 35.5. The number of nitrogens with zero attached hydrogens (tertiary/aromatic N) is 12. The highest BCUT2D eigenvalue weighted by Crippen LogP contribution is 2.66. The average molecular weight is 1850 g/mol. The number of carbonyl (C=O) groups excluding carboxylic acids is 5. The summed E-state index contributed by atoms with van der Waals surface area (Å²) in [6.45, 7) is 0.0950. The zero-order chi connectivity index (χ0) is 88.5. The Morgan fingerprint density at radius 2 is 1.59 bits per heavy atom. The van der Waals surface area contributed by atoms with E-state index in [-0.39, 0.29) is 128 Å². The van der Waals surface area contributed by atoms with Gasteiger partial charge in [0, 0.05) is 150 Å². The van der Waals surface area contributed by atoms with E-state index in [1.807, 2.05) is 30.3 Å². The molecule has 664 valence electrons. The fourth-order valence-electron chi connectivity index (χ4n) is 14.0. The van der Waals surface area contributed by atoms with E-state index in [1.54, 1.807) is 57.8 Å². The van der Waals surface area contributed by atoms with E-state index in [0.717, 1.165) is 70.5 Å². The van der Waals surface area contributed by atoms with E-state index in [9.17, 15) is 78.9 Å². The van der Waals surface area contributed by atoms with E-state index in [2.05, 4.69) is 82.7 Å². The third kappa shape index (κ3) is 29.6. The molecular weight excluding hydrogens is 1750 g/mol. The molecule has 6 aromatic rings. The van der Waals surface area contributed by atoms with Crippen LogP contribution in [0, 0.1) is 11.8 Å². The number of nitrogen functional groups attached to an aromatic ring is 1. The Morgan fingerprint density at radius 1 is 0.829 bits per heavy atom. The van der Waals surface area contributed by atoms with E-state index in [0.29, 0.717) is 99.0 Å². The highest BCUT2D eigenvalue weighted by atomic mass is 33.1. The van der Waals surface area contributed by atoms with Crippen molar-refractivity contribution in [3.8, 4) is 29.1 Å². The number of nitrogens with two attached hydrogens (primary N) is 1. The SMILES string of the molecule is CN(CCCC(=O)CCCSSCCC(=O)CCCNC(=O)c1cccc(OCC(N=[N+]=[N-])OCCOCC(=O)NCC#Cc2cn([C@H]3CC(OCN=[N+]=[N-])[C@@H](COP(=O)(O)OP(=O)(O)OP(=O)(O)O)O3)c3ncnc(N)c23)c1)C(=O)c1ccccc1C1=c2cc3c(cc2Oc2cc4c(cc21)CCCN4CCCS(=O)(=O)O)=[N+](CCCS(=O)(=O)O)CCC3. The van der Waals surface area contributed by atoms with Crippen LogP contribution in [0.4, 0.5) is 11.5 Å². The number of ketones is 2. The van der Waals surface area contributed by atoms with Gasteiger partial charge < -0.3 is 78.7 Å². The van der Waals surface area contributed by atoms with Gasteiger partial charge in [0.1, 0.15) is 92.0 Å². The second kappa shape index (κ2) is 45.3. The maximum atomic E-state index is 14.7. The average Bonchev–Trinajstić information content (AvgIpc) is 1.50. The largest absolute Gasteiger partial charge is 0.491 e. The number of benzene rings is 4. The molecule has 4 unspecified atom stereocenters. The molecule has 3 amide bonds. The number of nitrogens with one attached hydrogen (secondary N) is 2. The molecule has 6 atom stereocenters. The van der Waals surface area contributed by atoms with Crippen LogP contribution in [-0.2, 0) is 93.2 Å². The maximum absolute atomic E-state index is 14.7. The van der Waals surface area contributed by atoms with Crippen molar-refractivity contribution < 1.29 is 125 Å². The van der Waals surface area contributed by atoms with Crippen LogP contribution in [0.25, 0.3) is 37.5 Å². The summed E-state index contributed by atoms with van der Waals surface area (Å²) in [5.74, 6) is 6.40. The Hall–Kier alpha value is -8.93. The minimum absolute atomic E-state index is 0.00298. The van der Waals surface area contributed by atoms with Gasteiger partial charge in [-0.05, 0) is 104 Å². The number of anilines is 2. The number of phosphoric acid groups is 3. The summed E-state index contributed by atoms with van der Waals surface area (Å²) in [5, 5.41) is 14.2. The summed E-state index contributed by atoms with van der Waals surface area (Å²) >= 11 is 0. The Morgan fingerprint density at radius 3 is 2.37 bits per heavy atom. The molecule has 0 spiro atoms. The molecule has 2 aromatic heterocycles. The molecule has 10 N–H and O–H groups in total. The molecule has 49 heteroatoms. The summed E-state index contributed by atoms with van der Waals surface area (Å²) in [7, 11) is -20.6. The zero-order valence-electron chi connectivity index (χ0n) is 66.5. The maximum Gasteiger partial charge on any atom is 0.490 e. The minimum atomic E-state index is -5.84. The normalized spacial score (nSPS) is 16.8. The molecule has 4 aliphatic rings. The van der Waals surface area contributed by atoms with Crippen LogP contribution in [-0.4, -0.2) is 228 Å². The fraction of sp³-hybridized carbons (Fsp3) is 0.486. The number of hydrogen-bond acceptors (Lipinski definition) is 29. The Bertz CT molecular complexity index is 5570. The molecule has 0 saturated carbocycles. The van der Waals surface area contributed by atoms with Crippen molar-refractivity contribution in [2.45, 2.75) is 115 Å². The van der Waals surface area contributed by atoms with Gasteiger partial charge in [-0.25, -0.2) is 28.2 Å². The first kappa shape index (κ1) is 96.3. The number of azide groups is 2. The van der Waals surface area contributed by atoms with Crippen LogP contribution in [0.5, 0.6) is 17.2 Å². The number of hydrogen-bond donors (Lipinski definition) is 9. The first-order valence-corrected chi connectivity index (χ1v) is 49.0. The van der Waals surface area contributed by atoms with Crippen molar-refractivity contribution in [1.29, 1.82) is 0 Å². The van der Waals surface area contributed by atoms with Crippen molar-refractivity contribution in [2.24, 2.45) is 10.2 Å². The van der Waals surface area contributed by atoms with Crippen LogP contribution in [0.1, 0.15) is 132 Å². The number of fused-ring (bicyclic) bond motifs is 5. The van der Waals surface area contributed by atoms with Gasteiger partial charge >= 0.3 is 23.5 Å². The number of phosphoric ester groups is 1. The molecule has 1 fully saturated rings. The Balaban J connectivity index is 0.598. The number of aromatic nitrogens is 3. The number of rotatable bonds is 49. The van der Waals surface area contributed by atoms with Crippen molar-refractivity contribution in [1.82, 2.24) is 34.6 Å². The lowest BCUT2D eigenvalue weighted by atomic mass is 9.86. The third-order valence-corrected chi connectivity index (χ3v) is 27.4. The molecule has 4 aromatic carbocycles. The van der Waals surface area contributed by atoms with Gasteiger partial charge in [0.2, 0.25) is 11.3 Å². The second-order valence-corrected chi connectivity index (χ2v) is 38.7. The van der Waals surface area contributed by atoms with Crippen LogP contribution in [0.2, 0.25) is 0 Å². The lowest BCUT2D eigenvalue weighted by Crippen LogP contribution is -2.40. The molecule has 42 nitrogen and oxygen atoms in total. The Labute approximate surface area is 713 Å². The first-order chi connectivity index (χ1) is 58.6. The molecule has 0 bridgehead atoms. The van der Waals surface area contributed by atoms with E-state index >= 15 is 0 Å². The molecular formula is C74H93N15O27P3S4+. The van der Waals surface area contributed by atoms with E-state index in [4.69, 9.17) is 54.0 Å². The van der Waals surface area contributed by atoms with Crippen molar-refractivity contribution in [3.05, 3.63) is 156 Å². The molecule has 0 aliphatic carbocycles. The number of Topliss-reactive ketones (excluding diaryl/α,β-unsaturated/α-hetero) is 2.